The van der Waals surface area contributed by atoms with Crippen molar-refractivity contribution in [2.45, 2.75) is 45.5 Å². The normalized spacial score (nSPS) is 10.1. The zero-order chi connectivity index (χ0) is 14.2. The van der Waals surface area contributed by atoms with Crippen molar-refractivity contribution in [3.8, 4) is 0 Å². The molecule has 0 aliphatic rings. The zero-order valence-electron chi connectivity index (χ0n) is 11.6. The Morgan fingerprint density at radius 3 is 2.39 bits per heavy atom. The Bertz CT molecular complexity index is 358. The van der Waals surface area contributed by atoms with Gasteiger partial charge in [-0.3, -0.25) is 5.32 Å². The molecule has 0 atom stereocenters. The summed E-state index contributed by atoms with van der Waals surface area (Å²) in [6.45, 7) is 9.44. The average Bonchev–Trinajstić information content (AvgIpc) is 2.30. The first-order valence-corrected chi connectivity index (χ1v) is 7.04. The van der Waals surface area contributed by atoms with Gasteiger partial charge in [0.05, 0.1) is 0 Å². The molecule has 0 bridgehead atoms. The molecule has 0 fully saturated rings. The van der Waals surface area contributed by atoms with E-state index in [0.29, 0.717) is 5.82 Å². The van der Waals surface area contributed by atoms with Crippen LogP contribution in [0.25, 0.3) is 0 Å². The van der Waals surface area contributed by atoms with Crippen molar-refractivity contribution in [1.82, 2.24) is 4.98 Å². The molecule has 1 amide bonds. The molecule has 4 nitrogen and oxygen atoms in total. The third-order valence-corrected chi connectivity index (χ3v) is 2.26. The number of amides is 1. The van der Waals surface area contributed by atoms with Crippen LogP contribution in [-0.4, -0.2) is 16.7 Å². The van der Waals surface area contributed by atoms with E-state index in [2.05, 4.69) is 26.2 Å². The van der Waals surface area contributed by atoms with Crippen LogP contribution in [0, 0.1) is 0 Å². The van der Waals surface area contributed by atoms with Gasteiger partial charge < -0.3 is 4.74 Å². The van der Waals surface area contributed by atoms with E-state index in [1.807, 2.05) is 40.7 Å². The van der Waals surface area contributed by atoms with Crippen molar-refractivity contribution in [2.75, 3.05) is 5.32 Å². The lowest BCUT2D eigenvalue weighted by Gasteiger charge is -2.19. The molecule has 5 heteroatoms. The molecule has 0 spiro atoms. The van der Waals surface area contributed by atoms with Crippen LogP contribution in [0.4, 0.5) is 10.6 Å². The second kappa shape index (κ2) is 8.08. The first kappa shape index (κ1) is 16.9. The Labute approximate surface area is 117 Å². The van der Waals surface area contributed by atoms with Gasteiger partial charge in [0, 0.05) is 11.5 Å². The minimum atomic E-state index is -0.500. The highest BCUT2D eigenvalue weighted by Gasteiger charge is 2.16. The number of hydrogen-bond donors (Lipinski definition) is 1. The fraction of sp³-hybridized carbons (Fsp3) is 0.538. The number of alkyl halides is 1. The minimum Gasteiger partial charge on any atom is -0.444 e. The zero-order valence-corrected chi connectivity index (χ0v) is 13.2. The molecule has 0 aliphatic heterocycles. The number of pyridine rings is 1. The maximum absolute atomic E-state index is 11.4. The Morgan fingerprint density at radius 2 is 2.00 bits per heavy atom. The summed E-state index contributed by atoms with van der Waals surface area (Å²) in [6.07, 6.45) is 1.20. The molecular weight excluding hydrogens is 296 g/mol. The van der Waals surface area contributed by atoms with Crippen LogP contribution in [0.15, 0.2) is 18.3 Å². The third kappa shape index (κ3) is 7.27. The number of aromatic nitrogens is 1. The first-order chi connectivity index (χ1) is 8.40. The van der Waals surface area contributed by atoms with Gasteiger partial charge in [0.2, 0.25) is 0 Å². The maximum Gasteiger partial charge on any atom is 0.413 e. The number of carbonyl (C=O) groups is 1. The number of nitrogens with one attached hydrogen (secondary N) is 1. The molecule has 0 aliphatic carbocycles. The average molecular weight is 317 g/mol. The lowest BCUT2D eigenvalue weighted by atomic mass is 10.2. The third-order valence-electron chi connectivity index (χ3n) is 1.61. The van der Waals surface area contributed by atoms with Gasteiger partial charge in [-0.2, -0.15) is 0 Å². The summed E-state index contributed by atoms with van der Waals surface area (Å²) in [6, 6.07) is 3.62. The molecule has 0 saturated heterocycles. The van der Waals surface area contributed by atoms with Crippen LogP contribution in [0.1, 0.15) is 40.2 Å². The molecule has 1 rings (SSSR count). The largest absolute Gasteiger partial charge is 0.444 e. The van der Waals surface area contributed by atoms with Gasteiger partial charge in [-0.05, 0) is 32.4 Å². The van der Waals surface area contributed by atoms with Crippen molar-refractivity contribution in [3.63, 3.8) is 0 Å². The highest BCUT2D eigenvalue weighted by molar-refractivity contribution is 9.08. The van der Waals surface area contributed by atoms with Crippen molar-refractivity contribution < 1.29 is 9.53 Å². The van der Waals surface area contributed by atoms with E-state index in [4.69, 9.17) is 4.74 Å². The fourth-order valence-corrected chi connectivity index (χ4v) is 1.32. The number of nitrogens with zero attached hydrogens (tertiary/aromatic N) is 1. The minimum absolute atomic E-state index is 0.485. The molecule has 0 saturated carbocycles. The highest BCUT2D eigenvalue weighted by Crippen LogP contribution is 2.11. The molecule has 0 aromatic carbocycles. The SMILES string of the molecule is CC.CC(C)(C)OC(=O)Nc1ccc(CBr)cn1. The number of rotatable bonds is 2. The molecule has 0 radical (unpaired) electrons. The second-order valence-corrected chi connectivity index (χ2v) is 4.87. The van der Waals surface area contributed by atoms with Crippen LogP contribution in [0.2, 0.25) is 0 Å². The summed E-state index contributed by atoms with van der Waals surface area (Å²) in [4.78, 5) is 15.5. The molecule has 0 unspecified atom stereocenters. The van der Waals surface area contributed by atoms with Gasteiger partial charge in [0.15, 0.2) is 0 Å². The number of hydrogen-bond acceptors (Lipinski definition) is 3. The summed E-state index contributed by atoms with van der Waals surface area (Å²) < 4.78 is 5.10. The van der Waals surface area contributed by atoms with Crippen LogP contribution in [0.3, 0.4) is 0 Å². The number of anilines is 1. The molecular formula is C13H21BrN2O2. The van der Waals surface area contributed by atoms with E-state index in [9.17, 15) is 4.79 Å². The quantitative estimate of drug-likeness (QED) is 0.825. The highest BCUT2D eigenvalue weighted by atomic mass is 79.9. The number of carbonyl (C=O) groups excluding carboxylic acids is 1. The maximum atomic E-state index is 11.4. The van der Waals surface area contributed by atoms with E-state index in [-0.39, 0.29) is 0 Å². The molecule has 102 valence electrons. The Balaban J connectivity index is 0.00000137. The Hall–Kier alpha value is -1.10. The van der Waals surface area contributed by atoms with E-state index in [1.165, 1.54) is 0 Å². The molecule has 18 heavy (non-hydrogen) atoms. The smallest absolute Gasteiger partial charge is 0.413 e. The number of ether oxygens (including phenoxy) is 1. The summed E-state index contributed by atoms with van der Waals surface area (Å²) in [5.74, 6) is 0.485. The van der Waals surface area contributed by atoms with E-state index in [1.54, 1.807) is 12.3 Å². The summed E-state index contributed by atoms with van der Waals surface area (Å²) in [7, 11) is 0. The van der Waals surface area contributed by atoms with Crippen molar-refractivity contribution in [2.24, 2.45) is 0 Å². The van der Waals surface area contributed by atoms with Crippen molar-refractivity contribution in [1.29, 1.82) is 0 Å². The van der Waals surface area contributed by atoms with Crippen molar-refractivity contribution >= 4 is 27.8 Å². The van der Waals surface area contributed by atoms with Gasteiger partial charge in [0.1, 0.15) is 11.4 Å². The van der Waals surface area contributed by atoms with Crippen LogP contribution < -0.4 is 5.32 Å². The second-order valence-electron chi connectivity index (χ2n) is 4.31. The Morgan fingerprint density at radius 1 is 1.39 bits per heavy atom. The predicted molar refractivity (Wildman–Crippen MR) is 78.1 cm³/mol. The van der Waals surface area contributed by atoms with E-state index >= 15 is 0 Å². The van der Waals surface area contributed by atoms with Crippen LogP contribution in [-0.2, 0) is 10.1 Å². The van der Waals surface area contributed by atoms with Gasteiger partial charge in [-0.1, -0.05) is 35.8 Å². The monoisotopic (exact) mass is 316 g/mol. The molecule has 1 heterocycles. The van der Waals surface area contributed by atoms with Gasteiger partial charge in [0.25, 0.3) is 0 Å². The summed E-state index contributed by atoms with van der Waals surface area (Å²) >= 11 is 3.32. The van der Waals surface area contributed by atoms with Gasteiger partial charge in [-0.25, -0.2) is 9.78 Å². The van der Waals surface area contributed by atoms with E-state index < -0.39 is 11.7 Å². The molecule has 1 aromatic rings. The molecule has 1 N–H and O–H groups in total. The van der Waals surface area contributed by atoms with Crippen LogP contribution >= 0.6 is 15.9 Å². The number of halogens is 1. The van der Waals surface area contributed by atoms with Gasteiger partial charge >= 0.3 is 6.09 Å². The summed E-state index contributed by atoms with van der Waals surface area (Å²) in [5.41, 5.74) is 0.551. The lowest BCUT2D eigenvalue weighted by Crippen LogP contribution is -2.27. The van der Waals surface area contributed by atoms with Gasteiger partial charge in [-0.15, -0.1) is 0 Å². The predicted octanol–water partition coefficient (Wildman–Crippen LogP) is 4.35. The lowest BCUT2D eigenvalue weighted by molar-refractivity contribution is 0.0635. The first-order valence-electron chi connectivity index (χ1n) is 5.91. The fourth-order valence-electron chi connectivity index (χ4n) is 0.986. The Kier molecular flexibility index (Phi) is 7.59. The summed E-state index contributed by atoms with van der Waals surface area (Å²) in [5, 5.41) is 3.30. The van der Waals surface area contributed by atoms with Crippen molar-refractivity contribution in [3.05, 3.63) is 23.9 Å². The standard InChI is InChI=1S/C11H15BrN2O2.C2H6/c1-11(2,3)16-10(15)14-9-5-4-8(6-12)7-13-9;1-2/h4-5,7H,6H2,1-3H3,(H,13,14,15);1-2H3. The topological polar surface area (TPSA) is 51.2 Å². The van der Waals surface area contributed by atoms with Crippen LogP contribution in [0.5, 0.6) is 0 Å². The van der Waals surface area contributed by atoms with E-state index in [0.717, 1.165) is 10.9 Å². The molecule has 1 aromatic heterocycles.